The molecule has 0 spiro atoms. The van der Waals surface area contributed by atoms with Gasteiger partial charge in [0, 0.05) is 25.6 Å². The van der Waals surface area contributed by atoms with Gasteiger partial charge in [0.05, 0.1) is 30.8 Å². The summed E-state index contributed by atoms with van der Waals surface area (Å²) in [5.41, 5.74) is 2.54. The quantitative estimate of drug-likeness (QED) is 0.536. The van der Waals surface area contributed by atoms with Crippen molar-refractivity contribution in [1.82, 2.24) is 14.5 Å². The van der Waals surface area contributed by atoms with Crippen LogP contribution in [0.1, 0.15) is 62.4 Å². The second kappa shape index (κ2) is 10.6. The van der Waals surface area contributed by atoms with Crippen LogP contribution in [0.15, 0.2) is 35.6 Å². The van der Waals surface area contributed by atoms with Crippen LogP contribution in [0.5, 0.6) is 0 Å². The summed E-state index contributed by atoms with van der Waals surface area (Å²) >= 11 is 0. The Labute approximate surface area is 191 Å². The van der Waals surface area contributed by atoms with Crippen LogP contribution >= 0.6 is 0 Å². The molecule has 1 aliphatic carbocycles. The topological polar surface area (TPSA) is 81.5 Å². The Balaban J connectivity index is 1.88. The monoisotopic (exact) mass is 461 g/mol. The van der Waals surface area contributed by atoms with Gasteiger partial charge in [0.25, 0.3) is 0 Å². The third-order valence-corrected chi connectivity index (χ3v) is 7.62. The number of carbonyl (C=O) groups is 1. The van der Waals surface area contributed by atoms with Crippen molar-refractivity contribution in [1.29, 1.82) is 0 Å². The highest BCUT2D eigenvalue weighted by Crippen LogP contribution is 2.28. The first-order valence-electron chi connectivity index (χ1n) is 11.3. The van der Waals surface area contributed by atoms with Crippen molar-refractivity contribution in [2.45, 2.75) is 70.0 Å². The summed E-state index contributed by atoms with van der Waals surface area (Å²) in [6, 6.07) is 7.38. The zero-order valence-electron chi connectivity index (χ0n) is 19.6. The Morgan fingerprint density at radius 2 is 1.88 bits per heavy atom. The molecule has 0 radical (unpaired) electrons. The second-order valence-corrected chi connectivity index (χ2v) is 10.9. The number of nitrogens with zero attached hydrogens (tertiary/aromatic N) is 3. The lowest BCUT2D eigenvalue weighted by Gasteiger charge is -2.26. The summed E-state index contributed by atoms with van der Waals surface area (Å²) in [6.45, 7) is 7.08. The summed E-state index contributed by atoms with van der Waals surface area (Å²) in [6.07, 6.45) is 5.60. The molecule has 0 unspecified atom stereocenters. The maximum Gasteiger partial charge on any atom is 0.228 e. The molecular formula is C24H35N3O4S. The van der Waals surface area contributed by atoms with E-state index in [0.717, 1.165) is 42.5 Å². The second-order valence-electron chi connectivity index (χ2n) is 8.97. The Kier molecular flexibility index (Phi) is 8.11. The predicted octanol–water partition coefficient (Wildman–Crippen LogP) is 3.91. The van der Waals surface area contributed by atoms with E-state index in [9.17, 15) is 13.2 Å². The number of methoxy groups -OCH3 is 1. The molecule has 0 atom stereocenters. The summed E-state index contributed by atoms with van der Waals surface area (Å²) in [5, 5.41) is 0.0584. The van der Waals surface area contributed by atoms with Gasteiger partial charge in [0.15, 0.2) is 0 Å². The van der Waals surface area contributed by atoms with E-state index in [2.05, 4.69) is 4.98 Å². The number of aryl methyl sites for hydroxylation is 1. The maximum atomic E-state index is 13.2. The van der Waals surface area contributed by atoms with Gasteiger partial charge in [-0.3, -0.25) is 4.79 Å². The van der Waals surface area contributed by atoms with Crippen molar-refractivity contribution in [2.75, 3.05) is 20.3 Å². The van der Waals surface area contributed by atoms with Gasteiger partial charge in [-0.25, -0.2) is 13.4 Å². The summed E-state index contributed by atoms with van der Waals surface area (Å²) < 4.78 is 33.5. The van der Waals surface area contributed by atoms with Gasteiger partial charge in [-0.2, -0.15) is 0 Å². The fraction of sp³-hybridized carbons (Fsp3) is 0.583. The third kappa shape index (κ3) is 5.78. The van der Waals surface area contributed by atoms with Crippen LogP contribution in [-0.4, -0.2) is 49.0 Å². The highest BCUT2D eigenvalue weighted by molar-refractivity contribution is 7.90. The lowest BCUT2D eigenvalue weighted by atomic mass is 10.1. The van der Waals surface area contributed by atoms with Gasteiger partial charge in [0.1, 0.15) is 0 Å². The Morgan fingerprint density at radius 1 is 1.22 bits per heavy atom. The Morgan fingerprint density at radius 3 is 2.47 bits per heavy atom. The van der Waals surface area contributed by atoms with Crippen LogP contribution in [0, 0.1) is 12.8 Å². The lowest BCUT2D eigenvalue weighted by molar-refractivity contribution is -0.136. The molecule has 1 saturated carbocycles. The van der Waals surface area contributed by atoms with Gasteiger partial charge in [-0.1, -0.05) is 42.7 Å². The van der Waals surface area contributed by atoms with Gasteiger partial charge >= 0.3 is 0 Å². The van der Waals surface area contributed by atoms with E-state index < -0.39 is 9.84 Å². The summed E-state index contributed by atoms with van der Waals surface area (Å²) in [7, 11) is -2.03. The van der Waals surface area contributed by atoms with Crippen LogP contribution in [-0.2, 0) is 31.7 Å². The van der Waals surface area contributed by atoms with Crippen molar-refractivity contribution >= 4 is 15.7 Å². The fourth-order valence-electron chi connectivity index (χ4n) is 4.34. The minimum absolute atomic E-state index is 0.0482. The highest BCUT2D eigenvalue weighted by atomic mass is 32.2. The number of sulfone groups is 1. The Bertz CT molecular complexity index is 1010. The van der Waals surface area contributed by atoms with Gasteiger partial charge in [-0.05, 0) is 39.2 Å². The molecule has 0 aliphatic heterocycles. The normalized spacial score (nSPS) is 14.9. The predicted molar refractivity (Wildman–Crippen MR) is 124 cm³/mol. The molecule has 0 saturated heterocycles. The van der Waals surface area contributed by atoms with Crippen LogP contribution < -0.4 is 0 Å². The van der Waals surface area contributed by atoms with E-state index in [1.807, 2.05) is 45.0 Å². The molecule has 1 amide bonds. The number of imidazole rings is 1. The molecule has 1 aromatic heterocycles. The molecule has 0 N–H and O–H groups in total. The first kappa shape index (κ1) is 24.5. The molecule has 8 heteroatoms. The number of aromatic nitrogens is 2. The van der Waals surface area contributed by atoms with Crippen LogP contribution in [0.4, 0.5) is 0 Å². The smallest absolute Gasteiger partial charge is 0.228 e. The molecule has 176 valence electrons. The number of rotatable bonds is 10. The van der Waals surface area contributed by atoms with Crippen molar-refractivity contribution in [2.24, 2.45) is 5.92 Å². The number of hydrogen-bond donors (Lipinski definition) is 0. The average molecular weight is 462 g/mol. The number of benzene rings is 1. The Hall–Kier alpha value is -2.19. The van der Waals surface area contributed by atoms with Gasteiger partial charge < -0.3 is 14.2 Å². The number of ether oxygens (including phenoxy) is 1. The van der Waals surface area contributed by atoms with Crippen molar-refractivity contribution in [3.8, 4) is 0 Å². The van der Waals surface area contributed by atoms with Gasteiger partial charge in [0.2, 0.25) is 20.9 Å². The van der Waals surface area contributed by atoms with Crippen molar-refractivity contribution in [3.63, 3.8) is 0 Å². The summed E-state index contributed by atoms with van der Waals surface area (Å²) in [4.78, 5) is 19.2. The van der Waals surface area contributed by atoms with Crippen LogP contribution in [0.2, 0.25) is 0 Å². The largest absolute Gasteiger partial charge is 0.383 e. The highest BCUT2D eigenvalue weighted by Gasteiger charge is 2.30. The van der Waals surface area contributed by atoms with E-state index in [4.69, 9.17) is 4.74 Å². The number of carbonyl (C=O) groups excluding carboxylic acids is 1. The fourth-order valence-corrected chi connectivity index (χ4v) is 5.94. The molecule has 32 heavy (non-hydrogen) atoms. The van der Waals surface area contributed by atoms with E-state index in [-0.39, 0.29) is 28.8 Å². The molecular weight excluding hydrogens is 426 g/mol. The SMILES string of the molecule is COCCN(Cc1cnc(S(=O)(=O)Cc2ccc(C)cc2)n1C(C)C)C(=O)C1CCCC1. The standard InChI is InChI=1S/C24H35N3O4S/c1-18(2)27-22(16-26(13-14-31-4)23(28)21-7-5-6-8-21)15-25-24(27)32(29,30)17-20-11-9-19(3)10-12-20/h9-12,15,18,21H,5-8,13-14,16-17H2,1-4H3. The molecule has 1 fully saturated rings. The molecule has 2 aromatic rings. The lowest BCUT2D eigenvalue weighted by Crippen LogP contribution is -2.38. The van der Waals surface area contributed by atoms with Crippen LogP contribution in [0.3, 0.4) is 0 Å². The summed E-state index contributed by atoms with van der Waals surface area (Å²) in [5.74, 6) is 0.0670. The zero-order chi connectivity index (χ0) is 23.3. The molecule has 1 aliphatic rings. The van der Waals surface area contributed by atoms with E-state index in [0.29, 0.717) is 19.7 Å². The minimum Gasteiger partial charge on any atom is -0.383 e. The molecule has 1 heterocycles. The van der Waals surface area contributed by atoms with Crippen molar-refractivity contribution < 1.29 is 17.9 Å². The molecule has 3 rings (SSSR count). The first-order chi connectivity index (χ1) is 15.2. The third-order valence-electron chi connectivity index (χ3n) is 6.05. The van der Waals surface area contributed by atoms with E-state index >= 15 is 0 Å². The molecule has 0 bridgehead atoms. The molecule has 7 nitrogen and oxygen atoms in total. The first-order valence-corrected chi connectivity index (χ1v) is 13.0. The van der Waals surface area contributed by atoms with E-state index in [1.54, 1.807) is 22.8 Å². The number of hydrogen-bond acceptors (Lipinski definition) is 5. The maximum absolute atomic E-state index is 13.2. The minimum atomic E-state index is -3.65. The van der Waals surface area contributed by atoms with Gasteiger partial charge in [-0.15, -0.1) is 0 Å². The van der Waals surface area contributed by atoms with Crippen LogP contribution in [0.25, 0.3) is 0 Å². The zero-order valence-corrected chi connectivity index (χ0v) is 20.4. The average Bonchev–Trinajstić information content (AvgIpc) is 3.42. The number of amides is 1. The van der Waals surface area contributed by atoms with E-state index in [1.165, 1.54) is 0 Å². The van der Waals surface area contributed by atoms with Crippen molar-refractivity contribution in [3.05, 3.63) is 47.3 Å². The molecule has 1 aromatic carbocycles.